The summed E-state index contributed by atoms with van der Waals surface area (Å²) in [5.41, 5.74) is 10.6. The molecule has 3 aliphatic carbocycles. The maximum absolute atomic E-state index is 11.3. The third kappa shape index (κ3) is 5.32. The third-order valence-electron chi connectivity index (χ3n) is 10.7. The van der Waals surface area contributed by atoms with Crippen LogP contribution in [0.4, 0.5) is 5.82 Å². The number of hydrogen-bond acceptors (Lipinski definition) is 6. The molecule has 1 aromatic carbocycles. The van der Waals surface area contributed by atoms with Gasteiger partial charge < -0.3 is 20.4 Å². The molecule has 3 fully saturated rings. The van der Waals surface area contributed by atoms with Crippen molar-refractivity contribution in [1.29, 1.82) is 0 Å². The fourth-order valence-electron chi connectivity index (χ4n) is 7.60. The van der Waals surface area contributed by atoms with Crippen LogP contribution in [0, 0.1) is 23.7 Å². The minimum absolute atomic E-state index is 0.0250. The van der Waals surface area contributed by atoms with E-state index >= 15 is 0 Å². The molecule has 7 rings (SSSR count). The van der Waals surface area contributed by atoms with Crippen molar-refractivity contribution in [3.05, 3.63) is 48.2 Å². The number of aryl methyl sites for hydroxylation is 1. The number of aliphatic hydroxyl groups excluding tert-OH is 1. The molecule has 0 bridgehead atoms. The minimum atomic E-state index is -0.387. The van der Waals surface area contributed by atoms with Gasteiger partial charge in [-0.15, -0.1) is 0 Å². The molecule has 0 radical (unpaired) electrons. The summed E-state index contributed by atoms with van der Waals surface area (Å²) in [5, 5.41) is 12.2. The predicted octanol–water partition coefficient (Wildman–Crippen LogP) is 5.87. The number of aromatic nitrogens is 5. The number of imidazole rings is 1. The summed E-state index contributed by atoms with van der Waals surface area (Å²) in [7, 11) is 0. The van der Waals surface area contributed by atoms with Gasteiger partial charge in [-0.2, -0.15) is 0 Å². The van der Waals surface area contributed by atoms with E-state index in [1.54, 1.807) is 0 Å². The van der Waals surface area contributed by atoms with Gasteiger partial charge in [-0.25, -0.2) is 15.0 Å². The van der Waals surface area contributed by atoms with Crippen LogP contribution in [0.3, 0.4) is 0 Å². The molecule has 0 spiro atoms. The van der Waals surface area contributed by atoms with Gasteiger partial charge in [0, 0.05) is 31.7 Å². The molecule has 3 aliphatic rings. The average molecular weight is 570 g/mol. The predicted molar refractivity (Wildman–Crippen MR) is 168 cm³/mol. The fourth-order valence-corrected chi connectivity index (χ4v) is 7.60. The van der Waals surface area contributed by atoms with E-state index in [2.05, 4.69) is 70.3 Å². The number of nitrogen functional groups attached to an aromatic ring is 1. The molecule has 4 aromatic rings. The molecule has 4 atom stereocenters. The molecule has 0 aliphatic heterocycles. The smallest absolute Gasteiger partial charge is 0.145 e. The topological polar surface area (TPSA) is 109 Å². The zero-order valence-corrected chi connectivity index (χ0v) is 25.6. The number of nitrogens with two attached hydrogens (primary N) is 1. The van der Waals surface area contributed by atoms with Crippen molar-refractivity contribution < 1.29 is 5.11 Å². The van der Waals surface area contributed by atoms with E-state index in [4.69, 9.17) is 10.7 Å². The van der Waals surface area contributed by atoms with Crippen LogP contribution >= 0.6 is 0 Å². The van der Waals surface area contributed by atoms with Crippen molar-refractivity contribution in [2.45, 2.75) is 96.2 Å². The van der Waals surface area contributed by atoms with Gasteiger partial charge in [-0.05, 0) is 91.4 Å². The zero-order valence-electron chi connectivity index (χ0n) is 25.6. The Labute approximate surface area is 249 Å². The number of H-pyrrole nitrogens is 1. The molecule has 224 valence electrons. The first-order chi connectivity index (χ1) is 20.1. The van der Waals surface area contributed by atoms with Crippen molar-refractivity contribution in [2.75, 3.05) is 18.8 Å². The molecular weight excluding hydrogens is 522 g/mol. The highest BCUT2D eigenvalue weighted by Crippen LogP contribution is 2.44. The van der Waals surface area contributed by atoms with E-state index in [0.29, 0.717) is 17.8 Å². The number of nitrogens with zero attached hydrogens (tertiary/aromatic N) is 5. The maximum Gasteiger partial charge on any atom is 0.145 e. The Morgan fingerprint density at radius 2 is 1.88 bits per heavy atom. The molecule has 0 unspecified atom stereocenters. The van der Waals surface area contributed by atoms with E-state index in [1.807, 2.05) is 12.3 Å². The normalized spacial score (nSPS) is 28.2. The number of nitrogens with one attached hydrogen (secondary N) is 1. The number of aliphatic hydroxyl groups is 1. The molecule has 0 amide bonds. The van der Waals surface area contributed by atoms with Crippen LogP contribution < -0.4 is 5.73 Å². The van der Waals surface area contributed by atoms with Gasteiger partial charge in [-0.3, -0.25) is 4.90 Å². The van der Waals surface area contributed by atoms with Crippen molar-refractivity contribution in [2.24, 2.45) is 23.7 Å². The Morgan fingerprint density at radius 1 is 1.07 bits per heavy atom. The van der Waals surface area contributed by atoms with Gasteiger partial charge in [0.15, 0.2) is 0 Å². The second-order valence-electron chi connectivity index (χ2n) is 14.7. The van der Waals surface area contributed by atoms with Crippen LogP contribution in [0.5, 0.6) is 0 Å². The first kappa shape index (κ1) is 27.8. The van der Waals surface area contributed by atoms with Crippen LogP contribution in [0.1, 0.15) is 83.6 Å². The molecule has 4 N–H and O–H groups in total. The van der Waals surface area contributed by atoms with Crippen LogP contribution in [0.25, 0.3) is 22.1 Å². The molecule has 8 heteroatoms. The Balaban J connectivity index is 0.971. The monoisotopic (exact) mass is 569 g/mol. The Kier molecular flexibility index (Phi) is 7.05. The standard InChI is InChI=1S/C34H47N7O/c1-20-23(15-29(31(20)42)41-12-11-26-32(35)36-19-37-33(26)41)18-40(17-21-5-6-21)25-13-22(14-25)7-10-30-38-27-9-8-24(34(2,3)4)16-28(27)39-30/h8-9,11-12,16,19-23,25,29,31,42H,5-7,10,13-15,17-18H2,1-4H3,(H,38,39)(H2,35,36,37)/t20-,22-,23-,25-,29-,31-/m1/s1. The summed E-state index contributed by atoms with van der Waals surface area (Å²) in [4.78, 5) is 20.0. The van der Waals surface area contributed by atoms with Crippen molar-refractivity contribution in [3.8, 4) is 0 Å². The lowest BCUT2D eigenvalue weighted by Gasteiger charge is -2.44. The molecular formula is C34H47N7O. The lowest BCUT2D eigenvalue weighted by atomic mass is 9.76. The lowest BCUT2D eigenvalue weighted by molar-refractivity contribution is 0.0429. The molecule has 0 saturated heterocycles. The maximum atomic E-state index is 11.3. The number of benzene rings is 1. The summed E-state index contributed by atoms with van der Waals surface area (Å²) in [5.74, 6) is 3.97. The second kappa shape index (κ2) is 10.6. The summed E-state index contributed by atoms with van der Waals surface area (Å²) >= 11 is 0. The molecule has 42 heavy (non-hydrogen) atoms. The quantitative estimate of drug-likeness (QED) is 0.233. The van der Waals surface area contributed by atoms with Crippen LogP contribution in [0.2, 0.25) is 0 Å². The summed E-state index contributed by atoms with van der Waals surface area (Å²) < 4.78 is 2.14. The number of rotatable bonds is 9. The van der Waals surface area contributed by atoms with Crippen LogP contribution in [0.15, 0.2) is 36.8 Å². The van der Waals surface area contributed by atoms with Crippen molar-refractivity contribution in [1.82, 2.24) is 29.4 Å². The highest BCUT2D eigenvalue weighted by molar-refractivity contribution is 5.86. The highest BCUT2D eigenvalue weighted by atomic mass is 16.3. The number of hydrogen-bond donors (Lipinski definition) is 3. The highest BCUT2D eigenvalue weighted by Gasteiger charge is 2.44. The van der Waals surface area contributed by atoms with Crippen molar-refractivity contribution >= 4 is 27.9 Å². The molecule has 3 heterocycles. The van der Waals surface area contributed by atoms with E-state index in [9.17, 15) is 5.11 Å². The first-order valence-electron chi connectivity index (χ1n) is 16.1. The Bertz CT molecular complexity index is 1560. The van der Waals surface area contributed by atoms with Crippen LogP contribution in [-0.2, 0) is 11.8 Å². The van der Waals surface area contributed by atoms with E-state index in [1.165, 1.54) is 50.5 Å². The first-order valence-corrected chi connectivity index (χ1v) is 16.1. The van der Waals surface area contributed by atoms with Gasteiger partial charge in [0.2, 0.25) is 0 Å². The van der Waals surface area contributed by atoms with E-state index in [0.717, 1.165) is 59.1 Å². The summed E-state index contributed by atoms with van der Waals surface area (Å²) in [6, 6.07) is 9.35. The summed E-state index contributed by atoms with van der Waals surface area (Å²) in [6.45, 7) is 11.3. The lowest BCUT2D eigenvalue weighted by Crippen LogP contribution is -2.48. The summed E-state index contributed by atoms with van der Waals surface area (Å²) in [6.07, 6.45) is 11.7. The average Bonchev–Trinajstić information content (AvgIpc) is 3.37. The minimum Gasteiger partial charge on any atom is -0.391 e. The fraction of sp³-hybridized carbons (Fsp3) is 0.618. The Hall–Kier alpha value is -2.97. The number of fused-ring (bicyclic) bond motifs is 2. The van der Waals surface area contributed by atoms with Gasteiger partial charge in [0.05, 0.1) is 28.6 Å². The van der Waals surface area contributed by atoms with Gasteiger partial charge in [-0.1, -0.05) is 33.8 Å². The largest absolute Gasteiger partial charge is 0.391 e. The number of aromatic amines is 1. The van der Waals surface area contributed by atoms with Gasteiger partial charge in [0.25, 0.3) is 0 Å². The SMILES string of the molecule is C[C@@H]1[C@@H](CN(CC2CC2)[C@H]2C[C@H](CCc3nc4cc(C(C)(C)C)ccc4[nH]3)C2)C[C@@H](n2ccc3c(N)ncnc32)[C@@H]1O. The van der Waals surface area contributed by atoms with Gasteiger partial charge in [0.1, 0.15) is 23.6 Å². The molecule has 3 saturated carbocycles. The second-order valence-corrected chi connectivity index (χ2v) is 14.7. The van der Waals surface area contributed by atoms with E-state index < -0.39 is 0 Å². The zero-order chi connectivity index (χ0) is 29.2. The Morgan fingerprint density at radius 3 is 2.64 bits per heavy atom. The third-order valence-corrected chi connectivity index (χ3v) is 10.7. The van der Waals surface area contributed by atoms with Crippen molar-refractivity contribution in [3.63, 3.8) is 0 Å². The van der Waals surface area contributed by atoms with Gasteiger partial charge >= 0.3 is 0 Å². The van der Waals surface area contributed by atoms with Crippen LogP contribution in [-0.4, -0.2) is 59.7 Å². The molecule has 3 aromatic heterocycles. The number of anilines is 1. The van der Waals surface area contributed by atoms with E-state index in [-0.39, 0.29) is 23.5 Å². The molecule has 8 nitrogen and oxygen atoms in total.